The van der Waals surface area contributed by atoms with E-state index in [1.54, 1.807) is 6.92 Å². The molecule has 2 bridgehead atoms. The minimum absolute atomic E-state index is 0.115. The molecule has 0 unspecified atom stereocenters. The molecule has 1 amide bonds. The van der Waals surface area contributed by atoms with Gasteiger partial charge in [-0.1, -0.05) is 12.2 Å². The summed E-state index contributed by atoms with van der Waals surface area (Å²) in [6.45, 7) is 2.13. The van der Waals surface area contributed by atoms with Crippen molar-refractivity contribution >= 4 is 23.5 Å². The fraction of sp³-hybridized carbons (Fsp3) is 0.692. The van der Waals surface area contributed by atoms with Crippen molar-refractivity contribution in [3.05, 3.63) is 12.2 Å². The second kappa shape index (κ2) is 5.31. The smallest absolute Gasteiger partial charge is 0.407 e. The van der Waals surface area contributed by atoms with Crippen molar-refractivity contribution < 1.29 is 14.3 Å². The highest BCUT2D eigenvalue weighted by molar-refractivity contribution is 6.18. The Bertz CT molecular complexity index is 382. The average Bonchev–Trinajstić information content (AvgIpc) is 2.94. The summed E-state index contributed by atoms with van der Waals surface area (Å²) < 4.78 is 5.18. The van der Waals surface area contributed by atoms with E-state index in [4.69, 9.17) is 16.3 Å². The maximum Gasteiger partial charge on any atom is 0.407 e. The molecule has 2 rings (SSSR count). The molecule has 1 saturated carbocycles. The van der Waals surface area contributed by atoms with Crippen LogP contribution >= 0.6 is 11.6 Å². The summed E-state index contributed by atoms with van der Waals surface area (Å²) in [7, 11) is 0. The number of alkyl halides is 1. The van der Waals surface area contributed by atoms with Crippen LogP contribution in [0.4, 0.5) is 4.79 Å². The van der Waals surface area contributed by atoms with Crippen LogP contribution in [-0.4, -0.2) is 30.9 Å². The van der Waals surface area contributed by atoms with Crippen LogP contribution in [0.5, 0.6) is 0 Å². The molecule has 3 atom stereocenters. The number of hydrogen-bond donors (Lipinski definition) is 1. The van der Waals surface area contributed by atoms with E-state index in [0.29, 0.717) is 18.3 Å². The lowest BCUT2D eigenvalue weighted by Gasteiger charge is -2.32. The minimum atomic E-state index is -0.502. The number of carbonyl (C=O) groups excluding carboxylic acids is 2. The number of Topliss-reactive ketones (excluding diaryl/α,β-unsaturated/α-hetero) is 1. The van der Waals surface area contributed by atoms with Gasteiger partial charge in [-0.15, -0.1) is 11.6 Å². The summed E-state index contributed by atoms with van der Waals surface area (Å²) in [5.41, 5.74) is -0.502. The maximum atomic E-state index is 11.9. The van der Waals surface area contributed by atoms with Crippen LogP contribution in [0.1, 0.15) is 19.8 Å². The van der Waals surface area contributed by atoms with Crippen LogP contribution < -0.4 is 5.32 Å². The number of ether oxygens (including phenoxy) is 1. The molecule has 0 heterocycles. The molecule has 2 aliphatic carbocycles. The molecule has 2 aliphatic rings. The predicted octanol–water partition coefficient (Wildman–Crippen LogP) is 2.12. The molecule has 0 spiro atoms. The van der Waals surface area contributed by atoms with E-state index in [0.717, 1.165) is 12.8 Å². The molecule has 4 nitrogen and oxygen atoms in total. The van der Waals surface area contributed by atoms with Gasteiger partial charge in [-0.3, -0.25) is 4.79 Å². The Balaban J connectivity index is 1.94. The number of fused-ring (bicyclic) bond motifs is 2. The van der Waals surface area contributed by atoms with Gasteiger partial charge in [0.05, 0.1) is 5.41 Å². The van der Waals surface area contributed by atoms with Gasteiger partial charge in [-0.25, -0.2) is 4.79 Å². The first-order valence-corrected chi connectivity index (χ1v) is 6.78. The summed E-state index contributed by atoms with van der Waals surface area (Å²) >= 11 is 5.47. The number of allylic oxidation sites excluding steroid dienone is 2. The second-order valence-corrected chi connectivity index (χ2v) is 5.47. The van der Waals surface area contributed by atoms with Gasteiger partial charge in [-0.05, 0) is 31.6 Å². The third-order valence-corrected chi connectivity index (χ3v) is 4.22. The van der Waals surface area contributed by atoms with Crippen molar-refractivity contribution in [3.63, 3.8) is 0 Å². The van der Waals surface area contributed by atoms with Gasteiger partial charge >= 0.3 is 6.09 Å². The lowest BCUT2D eigenvalue weighted by Crippen LogP contribution is -2.40. The summed E-state index contributed by atoms with van der Waals surface area (Å²) in [5, 5.41) is 2.53. The Morgan fingerprint density at radius 2 is 2.28 bits per heavy atom. The number of alkyl carbamates (subject to hydrolysis) is 1. The number of ketones is 1. The monoisotopic (exact) mass is 271 g/mol. The Morgan fingerprint density at radius 3 is 2.78 bits per heavy atom. The van der Waals surface area contributed by atoms with Crippen LogP contribution in [0.25, 0.3) is 0 Å². The van der Waals surface area contributed by atoms with Gasteiger partial charge in [0.25, 0.3) is 0 Å². The van der Waals surface area contributed by atoms with Crippen molar-refractivity contribution in [1.29, 1.82) is 0 Å². The fourth-order valence-electron chi connectivity index (χ4n) is 3.02. The quantitative estimate of drug-likeness (QED) is 0.616. The first-order chi connectivity index (χ1) is 8.58. The van der Waals surface area contributed by atoms with Crippen LogP contribution in [-0.2, 0) is 9.53 Å². The Morgan fingerprint density at radius 1 is 1.50 bits per heavy atom. The van der Waals surface area contributed by atoms with Crippen LogP contribution in [0.15, 0.2) is 12.2 Å². The van der Waals surface area contributed by atoms with Gasteiger partial charge in [-0.2, -0.15) is 0 Å². The number of rotatable bonds is 5. The third kappa shape index (κ3) is 2.39. The largest absolute Gasteiger partial charge is 0.448 e. The van der Waals surface area contributed by atoms with Gasteiger partial charge in [0, 0.05) is 12.4 Å². The normalized spacial score (nSPS) is 32.6. The third-order valence-electron chi connectivity index (χ3n) is 4.03. The number of carbonyl (C=O) groups is 2. The lowest BCUT2D eigenvalue weighted by atomic mass is 9.73. The summed E-state index contributed by atoms with van der Waals surface area (Å²) in [6.07, 6.45) is 5.57. The summed E-state index contributed by atoms with van der Waals surface area (Å²) in [5.74, 6) is 1.15. The van der Waals surface area contributed by atoms with Gasteiger partial charge in [0.15, 0.2) is 0 Å². The van der Waals surface area contributed by atoms with Crippen molar-refractivity contribution in [2.75, 3.05) is 19.0 Å². The molecule has 0 saturated heterocycles. The van der Waals surface area contributed by atoms with E-state index < -0.39 is 11.5 Å². The SMILES string of the molecule is CC(=O)[C@@]1(COC(=O)NCCCl)C[C@@H]2C=C[C@H]1C2. The fourth-order valence-corrected chi connectivity index (χ4v) is 3.12. The number of hydrogen-bond acceptors (Lipinski definition) is 3. The zero-order valence-corrected chi connectivity index (χ0v) is 11.2. The zero-order chi connectivity index (χ0) is 13.2. The molecule has 18 heavy (non-hydrogen) atoms. The van der Waals surface area contributed by atoms with Crippen molar-refractivity contribution in [2.45, 2.75) is 19.8 Å². The van der Waals surface area contributed by atoms with E-state index in [2.05, 4.69) is 17.5 Å². The molecular formula is C13H18ClNO3. The second-order valence-electron chi connectivity index (χ2n) is 5.10. The van der Waals surface area contributed by atoms with E-state index in [-0.39, 0.29) is 18.3 Å². The maximum absolute atomic E-state index is 11.9. The van der Waals surface area contributed by atoms with Crippen molar-refractivity contribution in [2.24, 2.45) is 17.3 Å². The van der Waals surface area contributed by atoms with Gasteiger partial charge < -0.3 is 10.1 Å². The average molecular weight is 272 g/mol. The van der Waals surface area contributed by atoms with E-state index in [1.807, 2.05) is 0 Å². The number of nitrogens with one attached hydrogen (secondary N) is 1. The highest BCUT2D eigenvalue weighted by atomic mass is 35.5. The van der Waals surface area contributed by atoms with Gasteiger partial charge in [0.2, 0.25) is 0 Å². The number of amides is 1. The molecule has 0 aromatic carbocycles. The van der Waals surface area contributed by atoms with Crippen LogP contribution in [0.2, 0.25) is 0 Å². The first kappa shape index (κ1) is 13.4. The molecule has 0 aromatic rings. The Hall–Kier alpha value is -1.03. The lowest BCUT2D eigenvalue weighted by molar-refractivity contribution is -0.130. The highest BCUT2D eigenvalue weighted by Crippen LogP contribution is 2.52. The predicted molar refractivity (Wildman–Crippen MR) is 68.5 cm³/mol. The van der Waals surface area contributed by atoms with Crippen molar-refractivity contribution in [3.8, 4) is 0 Å². The number of halogens is 1. The molecule has 1 fully saturated rings. The minimum Gasteiger partial charge on any atom is -0.448 e. The van der Waals surface area contributed by atoms with Crippen LogP contribution in [0.3, 0.4) is 0 Å². The van der Waals surface area contributed by atoms with Gasteiger partial charge in [0.1, 0.15) is 12.4 Å². The van der Waals surface area contributed by atoms with Crippen molar-refractivity contribution in [1.82, 2.24) is 5.32 Å². The van der Waals surface area contributed by atoms with E-state index in [9.17, 15) is 9.59 Å². The van der Waals surface area contributed by atoms with E-state index >= 15 is 0 Å². The standard InChI is InChI=1S/C13H18ClNO3/c1-9(16)13(7-10-2-3-11(13)6-10)8-18-12(17)15-5-4-14/h2-3,10-11H,4-8H2,1H3,(H,15,17)/t10-,11+,13+/m1/s1. The first-order valence-electron chi connectivity index (χ1n) is 6.24. The van der Waals surface area contributed by atoms with E-state index in [1.165, 1.54) is 0 Å². The molecular weight excluding hydrogens is 254 g/mol. The molecule has 1 N–H and O–H groups in total. The summed E-state index contributed by atoms with van der Waals surface area (Å²) in [6, 6.07) is 0. The molecule has 0 radical (unpaired) electrons. The zero-order valence-electron chi connectivity index (χ0n) is 10.4. The molecule has 5 heteroatoms. The highest BCUT2D eigenvalue weighted by Gasteiger charge is 2.52. The Labute approximate surface area is 112 Å². The molecule has 0 aromatic heterocycles. The van der Waals surface area contributed by atoms with Crippen LogP contribution in [0, 0.1) is 17.3 Å². The topological polar surface area (TPSA) is 55.4 Å². The Kier molecular flexibility index (Phi) is 3.95. The molecule has 100 valence electrons. The summed E-state index contributed by atoms with van der Waals surface area (Å²) in [4.78, 5) is 23.3. The molecule has 0 aliphatic heterocycles.